The van der Waals surface area contributed by atoms with Crippen LogP contribution in [0.1, 0.15) is 22.5 Å². The van der Waals surface area contributed by atoms with E-state index in [0.717, 1.165) is 42.6 Å². The van der Waals surface area contributed by atoms with Gasteiger partial charge in [0.1, 0.15) is 0 Å². The van der Waals surface area contributed by atoms with Crippen molar-refractivity contribution in [1.29, 1.82) is 0 Å². The van der Waals surface area contributed by atoms with Crippen LogP contribution in [0.5, 0.6) is 0 Å². The highest BCUT2D eigenvalue weighted by Gasteiger charge is 2.24. The SMILES string of the molecule is CNCC1CCN(C(=O)c2cc3cc([N+](=O)[O-])ccc3s2)CC1.Cl. The molecule has 0 unspecified atom stereocenters. The molecule has 6 nitrogen and oxygen atoms in total. The number of hydrogen-bond donors (Lipinski definition) is 1. The number of benzene rings is 1. The predicted octanol–water partition coefficient (Wildman–Crippen LogP) is 3.30. The second-order valence-electron chi connectivity index (χ2n) is 5.88. The molecule has 8 heteroatoms. The van der Waals surface area contributed by atoms with Crippen molar-refractivity contribution >= 4 is 45.4 Å². The first-order valence-corrected chi connectivity index (χ1v) is 8.52. The minimum Gasteiger partial charge on any atom is -0.338 e. The molecule has 0 aliphatic carbocycles. The Balaban J connectivity index is 0.00000208. The van der Waals surface area contributed by atoms with Crippen LogP contribution >= 0.6 is 23.7 Å². The summed E-state index contributed by atoms with van der Waals surface area (Å²) in [6.45, 7) is 2.55. The first-order chi connectivity index (χ1) is 11.1. The second kappa shape index (κ2) is 7.92. The average molecular weight is 370 g/mol. The minimum absolute atomic E-state index is 0. The topological polar surface area (TPSA) is 75.5 Å². The van der Waals surface area contributed by atoms with Gasteiger partial charge in [-0.2, -0.15) is 0 Å². The number of rotatable bonds is 4. The number of likely N-dealkylation sites (tertiary alicyclic amines) is 1. The number of thiophene rings is 1. The fourth-order valence-corrected chi connectivity index (χ4v) is 4.05. The van der Waals surface area contributed by atoms with Crippen molar-refractivity contribution in [3.05, 3.63) is 39.3 Å². The first kappa shape index (κ1) is 18.6. The van der Waals surface area contributed by atoms with Crippen LogP contribution in [-0.2, 0) is 0 Å². The van der Waals surface area contributed by atoms with Gasteiger partial charge in [0, 0.05) is 35.3 Å². The molecule has 0 bridgehead atoms. The molecule has 0 radical (unpaired) electrons. The summed E-state index contributed by atoms with van der Waals surface area (Å²) >= 11 is 1.40. The molecule has 1 fully saturated rings. The summed E-state index contributed by atoms with van der Waals surface area (Å²) in [4.78, 5) is 25.6. The Bertz CT molecular complexity index is 741. The lowest BCUT2D eigenvalue weighted by atomic mass is 9.97. The minimum atomic E-state index is -0.412. The van der Waals surface area contributed by atoms with E-state index in [0.29, 0.717) is 10.8 Å². The van der Waals surface area contributed by atoms with Gasteiger partial charge in [0.25, 0.3) is 11.6 Å². The van der Waals surface area contributed by atoms with Crippen molar-refractivity contribution in [1.82, 2.24) is 10.2 Å². The fraction of sp³-hybridized carbons (Fsp3) is 0.438. The number of nitrogens with zero attached hydrogens (tertiary/aromatic N) is 2. The first-order valence-electron chi connectivity index (χ1n) is 7.70. The number of hydrogen-bond acceptors (Lipinski definition) is 5. The number of nitro groups is 1. The van der Waals surface area contributed by atoms with Gasteiger partial charge in [-0.15, -0.1) is 23.7 Å². The van der Waals surface area contributed by atoms with Crippen LogP contribution in [-0.4, -0.2) is 42.4 Å². The Morgan fingerprint density at radius 3 is 2.71 bits per heavy atom. The molecule has 1 N–H and O–H groups in total. The molecule has 1 aliphatic rings. The number of piperidine rings is 1. The Morgan fingerprint density at radius 2 is 2.08 bits per heavy atom. The predicted molar refractivity (Wildman–Crippen MR) is 98.3 cm³/mol. The van der Waals surface area contributed by atoms with Crippen molar-refractivity contribution in [3.63, 3.8) is 0 Å². The number of fused-ring (bicyclic) bond motifs is 1. The van der Waals surface area contributed by atoms with Crippen molar-refractivity contribution < 1.29 is 9.72 Å². The van der Waals surface area contributed by atoms with Crippen LogP contribution in [0, 0.1) is 16.0 Å². The summed E-state index contributed by atoms with van der Waals surface area (Å²) in [5, 5.41) is 14.8. The van der Waals surface area contributed by atoms with Gasteiger partial charge in [0.05, 0.1) is 9.80 Å². The molecule has 3 rings (SSSR count). The highest BCUT2D eigenvalue weighted by molar-refractivity contribution is 7.20. The molecule has 2 aromatic rings. The molecular weight excluding hydrogens is 350 g/mol. The maximum absolute atomic E-state index is 12.6. The Kier molecular flexibility index (Phi) is 6.15. The molecule has 0 atom stereocenters. The zero-order valence-electron chi connectivity index (χ0n) is 13.4. The van der Waals surface area contributed by atoms with E-state index in [9.17, 15) is 14.9 Å². The van der Waals surface area contributed by atoms with Gasteiger partial charge in [0.15, 0.2) is 0 Å². The van der Waals surface area contributed by atoms with Crippen LogP contribution in [0.15, 0.2) is 24.3 Å². The van der Waals surface area contributed by atoms with Gasteiger partial charge in [-0.05, 0) is 44.5 Å². The van der Waals surface area contributed by atoms with E-state index in [1.165, 1.54) is 23.5 Å². The number of nitrogens with one attached hydrogen (secondary N) is 1. The van der Waals surface area contributed by atoms with Crippen molar-refractivity contribution in [3.8, 4) is 0 Å². The second-order valence-corrected chi connectivity index (χ2v) is 6.97. The van der Waals surface area contributed by atoms with Crippen LogP contribution in [0.3, 0.4) is 0 Å². The lowest BCUT2D eigenvalue weighted by Crippen LogP contribution is -2.40. The zero-order chi connectivity index (χ0) is 16.4. The molecule has 0 spiro atoms. The maximum atomic E-state index is 12.6. The molecule has 1 aromatic carbocycles. The van der Waals surface area contributed by atoms with Gasteiger partial charge >= 0.3 is 0 Å². The number of amides is 1. The monoisotopic (exact) mass is 369 g/mol. The van der Waals surface area contributed by atoms with Crippen LogP contribution in [0.4, 0.5) is 5.69 Å². The van der Waals surface area contributed by atoms with Crippen molar-refractivity contribution in [2.45, 2.75) is 12.8 Å². The summed E-state index contributed by atoms with van der Waals surface area (Å²) in [7, 11) is 1.95. The van der Waals surface area contributed by atoms with E-state index in [-0.39, 0.29) is 24.0 Å². The molecule has 2 heterocycles. The van der Waals surface area contributed by atoms with E-state index >= 15 is 0 Å². The van der Waals surface area contributed by atoms with Gasteiger partial charge in [-0.3, -0.25) is 14.9 Å². The largest absolute Gasteiger partial charge is 0.338 e. The summed E-state index contributed by atoms with van der Waals surface area (Å²) in [6, 6.07) is 6.50. The van der Waals surface area contributed by atoms with E-state index < -0.39 is 4.92 Å². The molecule has 130 valence electrons. The molecule has 1 amide bonds. The number of halogens is 1. The smallest absolute Gasteiger partial charge is 0.270 e. The van der Waals surface area contributed by atoms with Crippen molar-refractivity contribution in [2.75, 3.05) is 26.7 Å². The summed E-state index contributed by atoms with van der Waals surface area (Å²) in [6.07, 6.45) is 2.03. The third-order valence-corrected chi connectivity index (χ3v) is 5.42. The lowest BCUT2D eigenvalue weighted by Gasteiger charge is -2.31. The zero-order valence-corrected chi connectivity index (χ0v) is 15.0. The maximum Gasteiger partial charge on any atom is 0.270 e. The number of nitro benzene ring substituents is 1. The highest BCUT2D eigenvalue weighted by Crippen LogP contribution is 2.30. The summed E-state index contributed by atoms with van der Waals surface area (Å²) in [5.74, 6) is 0.672. The Hall–Kier alpha value is -1.70. The molecule has 24 heavy (non-hydrogen) atoms. The van der Waals surface area contributed by atoms with E-state index in [1.807, 2.05) is 11.9 Å². The van der Waals surface area contributed by atoms with Crippen LogP contribution < -0.4 is 5.32 Å². The number of non-ortho nitro benzene ring substituents is 1. The van der Waals surface area contributed by atoms with Gasteiger partial charge in [0.2, 0.25) is 0 Å². The fourth-order valence-electron chi connectivity index (χ4n) is 3.03. The third kappa shape index (κ3) is 3.85. The average Bonchev–Trinajstić information content (AvgIpc) is 2.98. The van der Waals surface area contributed by atoms with Gasteiger partial charge < -0.3 is 10.2 Å². The molecule has 0 saturated carbocycles. The van der Waals surface area contributed by atoms with Crippen LogP contribution in [0.2, 0.25) is 0 Å². The molecular formula is C16H20ClN3O3S. The van der Waals surface area contributed by atoms with Gasteiger partial charge in [-0.25, -0.2) is 0 Å². The number of carbonyl (C=O) groups is 1. The van der Waals surface area contributed by atoms with E-state index in [1.54, 1.807) is 12.1 Å². The lowest BCUT2D eigenvalue weighted by molar-refractivity contribution is -0.384. The third-order valence-electron chi connectivity index (χ3n) is 4.32. The van der Waals surface area contributed by atoms with Crippen molar-refractivity contribution in [2.24, 2.45) is 5.92 Å². The standard InChI is InChI=1S/C16H19N3O3S.ClH/c1-17-10-11-4-6-18(7-5-11)16(20)15-9-12-8-13(19(21)22)2-3-14(12)23-15;/h2-3,8-9,11,17H,4-7,10H2,1H3;1H. The molecule has 1 aromatic heterocycles. The van der Waals surface area contributed by atoms with E-state index in [4.69, 9.17) is 0 Å². The highest BCUT2D eigenvalue weighted by atomic mass is 35.5. The summed E-state index contributed by atoms with van der Waals surface area (Å²) < 4.78 is 0.906. The molecule has 1 aliphatic heterocycles. The molecule has 1 saturated heterocycles. The van der Waals surface area contributed by atoms with Crippen LogP contribution in [0.25, 0.3) is 10.1 Å². The van der Waals surface area contributed by atoms with Gasteiger partial charge in [-0.1, -0.05) is 0 Å². The number of carbonyl (C=O) groups excluding carboxylic acids is 1. The Labute approximate surface area is 150 Å². The quantitative estimate of drug-likeness (QED) is 0.662. The summed E-state index contributed by atoms with van der Waals surface area (Å²) in [5.41, 5.74) is 0.0576. The van der Waals surface area contributed by atoms with E-state index in [2.05, 4.69) is 5.32 Å². The Morgan fingerprint density at radius 1 is 1.38 bits per heavy atom. The normalized spacial score (nSPS) is 15.3.